The van der Waals surface area contributed by atoms with Crippen LogP contribution >= 0.6 is 0 Å². The van der Waals surface area contributed by atoms with Crippen molar-refractivity contribution in [2.75, 3.05) is 13.2 Å². The molecule has 4 aromatic carbocycles. The summed E-state index contributed by atoms with van der Waals surface area (Å²) in [5.74, 6) is -17.1. The molecule has 0 saturated carbocycles. The fourth-order valence-corrected chi connectivity index (χ4v) is 7.34. The van der Waals surface area contributed by atoms with Crippen molar-refractivity contribution in [3.05, 3.63) is 70.3 Å². The van der Waals surface area contributed by atoms with Gasteiger partial charge in [0.1, 0.15) is 84.9 Å². The highest BCUT2D eigenvalue weighted by molar-refractivity contribution is 6.02. The molecule has 26 heteroatoms. The van der Waals surface area contributed by atoms with Gasteiger partial charge in [-0.3, -0.25) is 4.79 Å². The number of hydrogen-bond donors (Lipinski definition) is 16. The maximum Gasteiger partial charge on any atom is 0.338 e. The Bertz CT molecular complexity index is 2600. The molecular formula is C44H46O26. The van der Waals surface area contributed by atoms with Gasteiger partial charge in [0.25, 0.3) is 0 Å². The zero-order valence-electron chi connectivity index (χ0n) is 36.3. The average Bonchev–Trinajstić information content (AvgIpc) is 3.29. The Balaban J connectivity index is 1.33. The Hall–Kier alpha value is -7.72. The Morgan fingerprint density at radius 2 is 0.957 bits per heavy atom. The van der Waals surface area contributed by atoms with E-state index in [1.807, 2.05) is 0 Å². The fraction of sp³-hybridized carbons (Fsp3) is 0.364. The molecule has 0 radical (unpaired) electrons. The lowest BCUT2D eigenvalue weighted by atomic mass is 9.88. The maximum absolute atomic E-state index is 13.9. The number of rotatable bonds is 14. The van der Waals surface area contributed by atoms with E-state index in [4.69, 9.17) is 28.4 Å². The molecule has 2 fully saturated rings. The van der Waals surface area contributed by atoms with Crippen molar-refractivity contribution in [1.82, 2.24) is 0 Å². The lowest BCUT2D eigenvalue weighted by Crippen LogP contribution is -2.60. The molecule has 10 unspecified atom stereocenters. The molecule has 2 aliphatic heterocycles. The van der Waals surface area contributed by atoms with Crippen LogP contribution in [0.3, 0.4) is 0 Å². The molecular weight excluding hydrogens is 944 g/mol. The van der Waals surface area contributed by atoms with E-state index < -0.39 is 201 Å². The van der Waals surface area contributed by atoms with E-state index in [0.717, 1.165) is 12.1 Å². The van der Waals surface area contributed by atoms with Gasteiger partial charge in [0.2, 0.25) is 6.29 Å². The minimum atomic E-state index is -2.35. The third kappa shape index (κ3) is 10.5. The van der Waals surface area contributed by atoms with Crippen LogP contribution in [0.1, 0.15) is 73.4 Å². The minimum absolute atomic E-state index is 0.372. The van der Waals surface area contributed by atoms with Crippen LogP contribution in [0.4, 0.5) is 0 Å². The van der Waals surface area contributed by atoms with E-state index in [1.165, 1.54) is 0 Å². The molecule has 26 nitrogen and oxygen atoms in total. The van der Waals surface area contributed by atoms with Crippen molar-refractivity contribution in [3.63, 3.8) is 0 Å². The molecule has 10 atom stereocenters. The number of esters is 3. The highest BCUT2D eigenvalue weighted by Gasteiger charge is 2.51. The number of ketones is 1. The molecule has 2 heterocycles. The zero-order chi connectivity index (χ0) is 51.8. The summed E-state index contributed by atoms with van der Waals surface area (Å²) in [6.07, 6.45) is -21.4. The molecule has 2 aliphatic rings. The van der Waals surface area contributed by atoms with Gasteiger partial charge in [-0.05, 0) is 42.3 Å². The molecule has 0 aliphatic carbocycles. The van der Waals surface area contributed by atoms with Gasteiger partial charge < -0.3 is 110 Å². The first kappa shape index (κ1) is 51.7. The fourth-order valence-electron chi connectivity index (χ4n) is 7.34. The molecule has 16 N–H and O–H groups in total. The first-order chi connectivity index (χ1) is 32.8. The van der Waals surface area contributed by atoms with E-state index in [9.17, 15) is 101 Å². The second kappa shape index (κ2) is 20.5. The van der Waals surface area contributed by atoms with Crippen LogP contribution in [-0.2, 0) is 23.7 Å². The van der Waals surface area contributed by atoms with Crippen LogP contribution in [0.15, 0.2) is 42.5 Å². The second-order valence-corrected chi connectivity index (χ2v) is 16.4. The standard InChI is InChI=1S/C44H46O26/c1-13(2)3-17(45)28-25(68-44-38(61)35(58)33(56)26(69-44)11-65-41(62)14-4-19(47)30(53)20(48)5-14)10-18(46)29(34(28)57)40-37(60)36(59)39(70-43(64)16-8-23(51)32(55)24(52)9-16)27(67-40)12-66-42(63)15-6-21(49)31(54)22(50)7-15/h4-10,13,26-27,33,35-40,44,46-61H,3,11-12H2,1-2H3. The van der Waals surface area contributed by atoms with Gasteiger partial charge in [0.15, 0.2) is 63.6 Å². The molecule has 70 heavy (non-hydrogen) atoms. The van der Waals surface area contributed by atoms with Crippen LogP contribution in [-0.4, -0.2) is 174 Å². The van der Waals surface area contributed by atoms with E-state index in [1.54, 1.807) is 13.8 Å². The van der Waals surface area contributed by atoms with Crippen LogP contribution < -0.4 is 4.74 Å². The second-order valence-electron chi connectivity index (χ2n) is 16.4. The Morgan fingerprint density at radius 1 is 0.514 bits per heavy atom. The molecule has 378 valence electrons. The minimum Gasteiger partial charge on any atom is -0.507 e. The number of benzene rings is 4. The van der Waals surface area contributed by atoms with Gasteiger partial charge in [0.05, 0.1) is 22.3 Å². The van der Waals surface area contributed by atoms with Crippen LogP contribution in [0.5, 0.6) is 69.0 Å². The SMILES string of the molecule is CC(C)CC(=O)c1c(OC2OC(COC(=O)c3cc(O)c(O)c(O)c3)C(O)C(O)C2O)cc(O)c(C2OC(COC(=O)c3cc(O)c(O)c(O)c3)C(OC(=O)c3cc(O)c(O)c(O)c3)C(O)C2O)c1O. The maximum atomic E-state index is 13.9. The summed E-state index contributed by atoms with van der Waals surface area (Å²) in [6, 6.07) is 4.80. The van der Waals surface area contributed by atoms with Crippen molar-refractivity contribution < 1.29 is 129 Å². The normalized spacial score (nSPS) is 24.4. The van der Waals surface area contributed by atoms with Crippen molar-refractivity contribution in [2.45, 2.75) is 81.5 Å². The van der Waals surface area contributed by atoms with Crippen molar-refractivity contribution in [3.8, 4) is 69.0 Å². The van der Waals surface area contributed by atoms with Gasteiger partial charge in [-0.1, -0.05) is 13.8 Å². The number of Topliss-reactive ketones (excluding diaryl/α,β-unsaturated/α-hetero) is 1. The third-order valence-corrected chi connectivity index (χ3v) is 11.0. The molecule has 0 aromatic heterocycles. The number of phenols is 11. The molecule has 0 amide bonds. The summed E-state index contributed by atoms with van der Waals surface area (Å²) in [4.78, 5) is 53.0. The molecule has 6 rings (SSSR count). The van der Waals surface area contributed by atoms with E-state index in [-0.39, 0.29) is 6.42 Å². The number of phenolic OH excluding ortho intramolecular Hbond substituents is 11. The summed E-state index contributed by atoms with van der Waals surface area (Å²) in [6.45, 7) is 1.20. The van der Waals surface area contributed by atoms with Crippen molar-refractivity contribution in [1.29, 1.82) is 0 Å². The number of aliphatic hydroxyl groups excluding tert-OH is 5. The van der Waals surface area contributed by atoms with Crippen LogP contribution in [0, 0.1) is 5.92 Å². The first-order valence-electron chi connectivity index (χ1n) is 20.6. The predicted octanol–water partition coefficient (Wildman–Crippen LogP) is -0.0353. The average molecular weight is 991 g/mol. The predicted molar refractivity (Wildman–Crippen MR) is 225 cm³/mol. The molecule has 0 spiro atoms. The smallest absolute Gasteiger partial charge is 0.338 e. The molecule has 2 saturated heterocycles. The monoisotopic (exact) mass is 990 g/mol. The third-order valence-electron chi connectivity index (χ3n) is 11.0. The highest BCUT2D eigenvalue weighted by Crippen LogP contribution is 2.48. The summed E-state index contributed by atoms with van der Waals surface area (Å²) in [5, 5.41) is 167. The first-order valence-corrected chi connectivity index (χ1v) is 20.6. The lowest BCUT2D eigenvalue weighted by Gasteiger charge is -2.42. The van der Waals surface area contributed by atoms with Gasteiger partial charge in [-0.15, -0.1) is 0 Å². The van der Waals surface area contributed by atoms with E-state index in [2.05, 4.69) is 0 Å². The molecule has 0 bridgehead atoms. The van der Waals surface area contributed by atoms with Crippen molar-refractivity contribution >= 4 is 23.7 Å². The van der Waals surface area contributed by atoms with Gasteiger partial charge in [0, 0.05) is 12.5 Å². The summed E-state index contributed by atoms with van der Waals surface area (Å²) in [5.41, 5.74) is -3.35. The Kier molecular flexibility index (Phi) is 15.1. The summed E-state index contributed by atoms with van der Waals surface area (Å²) in [7, 11) is 0. The lowest BCUT2D eigenvalue weighted by molar-refractivity contribution is -0.277. The van der Waals surface area contributed by atoms with Crippen LogP contribution in [0.2, 0.25) is 0 Å². The topological polar surface area (TPSA) is 447 Å². The quantitative estimate of drug-likeness (QED) is 0.0341. The van der Waals surface area contributed by atoms with Gasteiger partial charge in [-0.25, -0.2) is 14.4 Å². The summed E-state index contributed by atoms with van der Waals surface area (Å²) < 4.78 is 32.9. The van der Waals surface area contributed by atoms with Crippen molar-refractivity contribution in [2.24, 2.45) is 5.92 Å². The Labute approximate surface area is 392 Å². The number of aliphatic hydroxyl groups is 5. The zero-order valence-corrected chi connectivity index (χ0v) is 36.3. The summed E-state index contributed by atoms with van der Waals surface area (Å²) >= 11 is 0. The van der Waals surface area contributed by atoms with Crippen LogP contribution in [0.25, 0.3) is 0 Å². The van der Waals surface area contributed by atoms with Gasteiger partial charge in [-0.2, -0.15) is 0 Å². The van der Waals surface area contributed by atoms with E-state index in [0.29, 0.717) is 30.3 Å². The van der Waals surface area contributed by atoms with E-state index >= 15 is 0 Å². The highest BCUT2D eigenvalue weighted by atomic mass is 16.7. The number of carbonyl (C=O) groups excluding carboxylic acids is 4. The molecule has 4 aromatic rings. The number of aromatic hydroxyl groups is 11. The number of hydrogen-bond acceptors (Lipinski definition) is 26. The van der Waals surface area contributed by atoms with Gasteiger partial charge >= 0.3 is 17.9 Å². The number of ether oxygens (including phenoxy) is 6. The largest absolute Gasteiger partial charge is 0.507 e. The Morgan fingerprint density at radius 3 is 1.41 bits per heavy atom. The number of carbonyl (C=O) groups is 4.